The summed E-state index contributed by atoms with van der Waals surface area (Å²) < 4.78 is 25.5. The van der Waals surface area contributed by atoms with Gasteiger partial charge in [0.1, 0.15) is 0 Å². The minimum Gasteiger partial charge on any atom is -0.336 e. The first-order chi connectivity index (χ1) is 14.8. The van der Waals surface area contributed by atoms with E-state index in [1.165, 1.54) is 10.4 Å². The molecule has 0 aliphatic carbocycles. The van der Waals surface area contributed by atoms with Crippen LogP contribution in [0.2, 0.25) is 0 Å². The van der Waals surface area contributed by atoms with Crippen LogP contribution < -0.4 is 4.31 Å². The Morgan fingerprint density at radius 3 is 2.32 bits per heavy atom. The van der Waals surface area contributed by atoms with Crippen molar-refractivity contribution in [2.24, 2.45) is 0 Å². The summed E-state index contributed by atoms with van der Waals surface area (Å²) in [6.07, 6.45) is 0.615. The van der Waals surface area contributed by atoms with Gasteiger partial charge in [-0.2, -0.15) is 0 Å². The predicted molar refractivity (Wildman–Crippen MR) is 116 cm³/mol. The summed E-state index contributed by atoms with van der Waals surface area (Å²) in [6.45, 7) is 3.56. The molecule has 10 heteroatoms. The number of anilines is 1. The number of carbonyl (C=O) groups excluding carboxylic acids is 1. The van der Waals surface area contributed by atoms with Gasteiger partial charge >= 0.3 is 0 Å². The average molecular weight is 445 g/mol. The molecular formula is C21H24N4O5S. The second kappa shape index (κ2) is 8.64. The number of amides is 1. The highest BCUT2D eigenvalue weighted by Gasteiger charge is 2.29. The molecule has 2 heterocycles. The van der Waals surface area contributed by atoms with Gasteiger partial charge in [0.2, 0.25) is 10.0 Å². The number of rotatable bonds is 5. The summed E-state index contributed by atoms with van der Waals surface area (Å²) in [7, 11) is -3.24. The number of sulfonamides is 1. The minimum absolute atomic E-state index is 0.0779. The molecular weight excluding hydrogens is 420 g/mol. The number of nitrogens with zero attached hydrogens (tertiary/aromatic N) is 4. The molecule has 9 nitrogen and oxygen atoms in total. The Hall–Kier alpha value is -2.98. The first-order valence-electron chi connectivity index (χ1n) is 10.2. The third-order valence-corrected chi connectivity index (χ3v) is 7.56. The predicted octanol–water partition coefficient (Wildman–Crippen LogP) is 2.09. The maximum absolute atomic E-state index is 12.8. The normalized spacial score (nSPS) is 18.8. The topological polar surface area (TPSA) is 104 Å². The Bertz CT molecular complexity index is 1080. The Morgan fingerprint density at radius 1 is 1.00 bits per heavy atom. The summed E-state index contributed by atoms with van der Waals surface area (Å²) in [5.74, 6) is 0.0831. The average Bonchev–Trinajstić information content (AvgIpc) is 3.13. The molecule has 0 unspecified atom stereocenters. The molecule has 0 spiro atoms. The zero-order chi connectivity index (χ0) is 22.0. The van der Waals surface area contributed by atoms with Crippen LogP contribution >= 0.6 is 0 Å². The molecule has 2 aliphatic heterocycles. The Balaban J connectivity index is 1.34. The Labute approximate surface area is 181 Å². The maximum Gasteiger partial charge on any atom is 0.269 e. The van der Waals surface area contributed by atoms with Gasteiger partial charge in [-0.05, 0) is 36.2 Å². The number of piperazine rings is 1. The van der Waals surface area contributed by atoms with Crippen molar-refractivity contribution >= 4 is 27.3 Å². The fraction of sp³-hybridized carbons (Fsp3) is 0.381. The van der Waals surface area contributed by atoms with Gasteiger partial charge in [-0.1, -0.05) is 12.1 Å². The van der Waals surface area contributed by atoms with Crippen LogP contribution in [0.15, 0.2) is 48.5 Å². The van der Waals surface area contributed by atoms with Crippen LogP contribution in [-0.2, 0) is 16.6 Å². The van der Waals surface area contributed by atoms with Gasteiger partial charge < -0.3 is 4.90 Å². The molecule has 2 aromatic rings. The zero-order valence-electron chi connectivity index (χ0n) is 17.0. The van der Waals surface area contributed by atoms with Crippen molar-refractivity contribution < 1.29 is 18.1 Å². The van der Waals surface area contributed by atoms with Crippen LogP contribution in [0.25, 0.3) is 0 Å². The number of hydrogen-bond acceptors (Lipinski definition) is 6. The molecule has 2 fully saturated rings. The number of nitro benzene ring substituents is 1. The molecule has 0 atom stereocenters. The van der Waals surface area contributed by atoms with Crippen molar-refractivity contribution in [1.82, 2.24) is 9.80 Å². The molecule has 0 N–H and O–H groups in total. The lowest BCUT2D eigenvalue weighted by Gasteiger charge is -2.34. The van der Waals surface area contributed by atoms with E-state index in [0.29, 0.717) is 56.9 Å². The number of hydrogen-bond donors (Lipinski definition) is 0. The summed E-state index contributed by atoms with van der Waals surface area (Å²) >= 11 is 0. The van der Waals surface area contributed by atoms with Crippen LogP contribution in [0.3, 0.4) is 0 Å². The van der Waals surface area contributed by atoms with E-state index >= 15 is 0 Å². The van der Waals surface area contributed by atoms with Crippen LogP contribution in [0, 0.1) is 10.1 Å². The third-order valence-electron chi connectivity index (χ3n) is 5.69. The molecule has 0 saturated carbocycles. The van der Waals surface area contributed by atoms with Crippen molar-refractivity contribution in [2.75, 3.05) is 42.8 Å². The molecule has 0 bridgehead atoms. The summed E-state index contributed by atoms with van der Waals surface area (Å²) in [5.41, 5.74) is 2.08. The van der Waals surface area contributed by atoms with Crippen molar-refractivity contribution in [3.05, 3.63) is 69.8 Å². The molecule has 0 aromatic heterocycles. The van der Waals surface area contributed by atoms with E-state index < -0.39 is 14.9 Å². The second-order valence-electron chi connectivity index (χ2n) is 7.78. The van der Waals surface area contributed by atoms with Crippen LogP contribution in [0.1, 0.15) is 22.3 Å². The highest BCUT2D eigenvalue weighted by Crippen LogP contribution is 2.24. The number of benzene rings is 2. The highest BCUT2D eigenvalue weighted by atomic mass is 32.2. The van der Waals surface area contributed by atoms with Crippen LogP contribution in [0.4, 0.5) is 11.4 Å². The van der Waals surface area contributed by atoms with Gasteiger partial charge in [0.15, 0.2) is 0 Å². The summed E-state index contributed by atoms with van der Waals surface area (Å²) in [5, 5.41) is 10.9. The lowest BCUT2D eigenvalue weighted by molar-refractivity contribution is -0.384. The van der Waals surface area contributed by atoms with Crippen LogP contribution in [-0.4, -0.2) is 67.5 Å². The van der Waals surface area contributed by atoms with Crippen LogP contribution in [0.5, 0.6) is 0 Å². The van der Waals surface area contributed by atoms with E-state index in [0.717, 1.165) is 5.56 Å². The zero-order valence-corrected chi connectivity index (χ0v) is 17.8. The second-order valence-corrected chi connectivity index (χ2v) is 9.80. The van der Waals surface area contributed by atoms with E-state index in [2.05, 4.69) is 4.90 Å². The molecule has 2 aliphatic rings. The summed E-state index contributed by atoms with van der Waals surface area (Å²) in [6, 6.07) is 13.4. The lowest BCUT2D eigenvalue weighted by atomic mass is 10.1. The fourth-order valence-electron chi connectivity index (χ4n) is 4.02. The van der Waals surface area contributed by atoms with Gasteiger partial charge in [-0.15, -0.1) is 0 Å². The fourth-order valence-corrected chi connectivity index (χ4v) is 5.58. The largest absolute Gasteiger partial charge is 0.336 e. The first kappa shape index (κ1) is 21.3. The van der Waals surface area contributed by atoms with Gasteiger partial charge in [-0.3, -0.25) is 24.1 Å². The molecule has 1 amide bonds. The van der Waals surface area contributed by atoms with E-state index in [4.69, 9.17) is 0 Å². The number of non-ortho nitro benzene ring substituents is 1. The first-order valence-corrected chi connectivity index (χ1v) is 11.8. The van der Waals surface area contributed by atoms with Crippen molar-refractivity contribution in [3.63, 3.8) is 0 Å². The molecule has 164 valence electrons. The van der Waals surface area contributed by atoms with Crippen molar-refractivity contribution in [3.8, 4) is 0 Å². The SMILES string of the molecule is O=C(c1ccc(N2CCCS2(=O)=O)cc1)N1CCN(Cc2cccc([N+](=O)[O-])c2)CC1. The minimum atomic E-state index is -3.24. The Morgan fingerprint density at radius 2 is 1.71 bits per heavy atom. The number of carbonyl (C=O) groups is 1. The lowest BCUT2D eigenvalue weighted by Crippen LogP contribution is -2.48. The smallest absolute Gasteiger partial charge is 0.269 e. The maximum atomic E-state index is 12.8. The molecule has 2 aromatic carbocycles. The summed E-state index contributed by atoms with van der Waals surface area (Å²) in [4.78, 5) is 27.3. The highest BCUT2D eigenvalue weighted by molar-refractivity contribution is 7.93. The van der Waals surface area contributed by atoms with Gasteiger partial charge in [-0.25, -0.2) is 8.42 Å². The standard InChI is InChI=1S/C21H24N4O5S/c26-21(18-5-7-19(8-6-18)24-9-2-14-31(24,29)30)23-12-10-22(11-13-23)16-17-3-1-4-20(15-17)25(27)28/h1,3-8,15H,2,9-14,16H2. The van der Waals surface area contributed by atoms with E-state index in [9.17, 15) is 23.3 Å². The third kappa shape index (κ3) is 4.70. The van der Waals surface area contributed by atoms with Crippen molar-refractivity contribution in [2.45, 2.75) is 13.0 Å². The Kier molecular flexibility index (Phi) is 5.92. The number of nitro groups is 1. The monoisotopic (exact) mass is 444 g/mol. The quantitative estimate of drug-likeness (QED) is 0.517. The van der Waals surface area contributed by atoms with Gasteiger partial charge in [0, 0.05) is 57.0 Å². The van der Waals surface area contributed by atoms with E-state index in [1.54, 1.807) is 41.3 Å². The molecule has 2 saturated heterocycles. The van der Waals surface area contributed by atoms with Gasteiger partial charge in [0.25, 0.3) is 11.6 Å². The van der Waals surface area contributed by atoms with E-state index in [-0.39, 0.29) is 17.3 Å². The van der Waals surface area contributed by atoms with E-state index in [1.807, 2.05) is 6.07 Å². The van der Waals surface area contributed by atoms with Gasteiger partial charge in [0.05, 0.1) is 16.4 Å². The molecule has 4 rings (SSSR count). The van der Waals surface area contributed by atoms with Crippen molar-refractivity contribution in [1.29, 1.82) is 0 Å². The molecule has 0 radical (unpaired) electrons. The molecule has 31 heavy (non-hydrogen) atoms.